The van der Waals surface area contributed by atoms with Gasteiger partial charge in [0.2, 0.25) is 0 Å². The number of hydrogen-bond acceptors (Lipinski definition) is 4. The zero-order chi connectivity index (χ0) is 17.1. The Balaban J connectivity index is 0. The zero-order valence-corrected chi connectivity index (χ0v) is 15.5. The summed E-state index contributed by atoms with van der Waals surface area (Å²) in [6.45, 7) is 7.06. The SMILES string of the molecule is CCC[P+](CCC)(CCC)Cc1ccccc1.O=S(=O)([O-])[O-].[H+]. The molecule has 0 radical (unpaired) electrons. The van der Waals surface area contributed by atoms with E-state index in [1.807, 2.05) is 0 Å². The molecule has 4 nitrogen and oxygen atoms in total. The second-order valence-corrected chi connectivity index (χ2v) is 10.7. The van der Waals surface area contributed by atoms with Crippen molar-refractivity contribution < 1.29 is 18.9 Å². The topological polar surface area (TPSA) is 80.3 Å². The van der Waals surface area contributed by atoms with E-state index in [-0.39, 0.29) is 1.43 Å². The minimum Gasteiger partial charge on any atom is -0.759 e. The van der Waals surface area contributed by atoms with Gasteiger partial charge in [0.1, 0.15) is 0 Å². The molecule has 22 heavy (non-hydrogen) atoms. The first-order valence-electron chi connectivity index (χ1n) is 7.82. The van der Waals surface area contributed by atoms with Gasteiger partial charge in [-0.1, -0.05) is 51.1 Å². The molecule has 1 aromatic carbocycles. The molecule has 6 heteroatoms. The second kappa shape index (κ2) is 11.1. The average Bonchev–Trinajstić information content (AvgIpc) is 2.39. The molecule has 1 rings (SSSR count). The minimum absolute atomic E-state index is 0. The highest BCUT2D eigenvalue weighted by Crippen LogP contribution is 2.62. The molecule has 0 aromatic heterocycles. The van der Waals surface area contributed by atoms with Crippen molar-refractivity contribution in [3.63, 3.8) is 0 Å². The van der Waals surface area contributed by atoms with Crippen molar-refractivity contribution in [1.82, 2.24) is 0 Å². The molecule has 0 unspecified atom stereocenters. The molecular weight excluding hydrogens is 319 g/mol. The molecule has 0 bridgehead atoms. The van der Waals surface area contributed by atoms with Gasteiger partial charge in [-0.25, -0.2) is 0 Å². The van der Waals surface area contributed by atoms with Crippen LogP contribution in [0.25, 0.3) is 0 Å². The Morgan fingerprint density at radius 3 is 1.59 bits per heavy atom. The maximum Gasteiger partial charge on any atom is 1.00 e. The quantitative estimate of drug-likeness (QED) is 0.400. The lowest BCUT2D eigenvalue weighted by Crippen LogP contribution is -2.10. The molecule has 0 heterocycles. The third-order valence-electron chi connectivity index (χ3n) is 3.45. The van der Waals surface area contributed by atoms with Gasteiger partial charge < -0.3 is 9.11 Å². The van der Waals surface area contributed by atoms with Gasteiger partial charge in [-0.05, 0) is 24.8 Å². The van der Waals surface area contributed by atoms with E-state index in [0.29, 0.717) is 0 Å². The summed E-state index contributed by atoms with van der Waals surface area (Å²) in [6.07, 6.45) is 9.93. The monoisotopic (exact) mass is 348 g/mol. The van der Waals surface area contributed by atoms with Crippen LogP contribution in [0.4, 0.5) is 0 Å². The highest BCUT2D eigenvalue weighted by molar-refractivity contribution is 7.79. The standard InChI is InChI=1S/C16H28P.H2O4S/c1-4-12-17(13-5-2,14-6-3)15-16-10-8-7-9-11-16;1-5(2,3)4/h7-11H,4-6,12-15H2,1-3H3;(H2,1,2,3,4)/q+1;/p-1. The van der Waals surface area contributed by atoms with Crippen LogP contribution in [-0.4, -0.2) is 36.0 Å². The first-order chi connectivity index (χ1) is 10.3. The summed E-state index contributed by atoms with van der Waals surface area (Å²) in [4.78, 5) is 0. The number of hydrogen-bond donors (Lipinski definition) is 0. The number of benzene rings is 1. The van der Waals surface area contributed by atoms with Gasteiger partial charge in [-0.3, -0.25) is 8.42 Å². The Morgan fingerprint density at radius 2 is 1.27 bits per heavy atom. The fourth-order valence-corrected chi connectivity index (χ4v) is 7.94. The lowest BCUT2D eigenvalue weighted by Gasteiger charge is -2.27. The van der Waals surface area contributed by atoms with E-state index in [9.17, 15) is 0 Å². The lowest BCUT2D eigenvalue weighted by molar-refractivity contribution is 0.352. The molecule has 0 saturated carbocycles. The maximum absolute atomic E-state index is 8.52. The molecule has 0 spiro atoms. The molecular formula is C16H29O4PS. The van der Waals surface area contributed by atoms with Crippen LogP contribution in [0.2, 0.25) is 0 Å². The molecule has 1 aromatic rings. The summed E-state index contributed by atoms with van der Waals surface area (Å²) in [6, 6.07) is 11.1. The second-order valence-electron chi connectivity index (χ2n) is 5.56. The largest absolute Gasteiger partial charge is 1.00 e. The van der Waals surface area contributed by atoms with Crippen molar-refractivity contribution in [1.29, 1.82) is 0 Å². The maximum atomic E-state index is 8.52. The molecule has 0 saturated heterocycles. The molecule has 0 aliphatic heterocycles. The smallest absolute Gasteiger partial charge is 0.759 e. The summed E-state index contributed by atoms with van der Waals surface area (Å²) in [5.41, 5.74) is 1.57. The molecule has 0 amide bonds. The van der Waals surface area contributed by atoms with Crippen LogP contribution >= 0.6 is 7.26 Å². The van der Waals surface area contributed by atoms with Crippen molar-refractivity contribution in [3.8, 4) is 0 Å². The van der Waals surface area contributed by atoms with E-state index in [0.717, 1.165) is 0 Å². The van der Waals surface area contributed by atoms with Crippen molar-refractivity contribution in [2.75, 3.05) is 18.5 Å². The molecule has 128 valence electrons. The van der Waals surface area contributed by atoms with Gasteiger partial charge in [0.25, 0.3) is 0 Å². The normalized spacial score (nSPS) is 11.7. The van der Waals surface area contributed by atoms with Crippen LogP contribution in [0.3, 0.4) is 0 Å². The number of rotatable bonds is 8. The molecule has 0 atom stereocenters. The van der Waals surface area contributed by atoms with Gasteiger partial charge in [-0.2, -0.15) is 0 Å². The summed E-state index contributed by atoms with van der Waals surface area (Å²) < 4.78 is 34.1. The molecule has 0 aliphatic carbocycles. The van der Waals surface area contributed by atoms with Gasteiger partial charge in [0.05, 0.1) is 24.6 Å². The summed E-state index contributed by atoms with van der Waals surface area (Å²) in [7, 11) is -5.88. The molecule has 0 fully saturated rings. The van der Waals surface area contributed by atoms with Gasteiger partial charge in [-0.15, -0.1) is 0 Å². The summed E-state index contributed by atoms with van der Waals surface area (Å²) in [5.74, 6) is 0. The zero-order valence-electron chi connectivity index (χ0n) is 14.8. The first-order valence-corrected chi connectivity index (χ1v) is 11.7. The van der Waals surface area contributed by atoms with Crippen molar-refractivity contribution in [3.05, 3.63) is 35.9 Å². The van der Waals surface area contributed by atoms with Crippen molar-refractivity contribution >= 4 is 17.7 Å². The van der Waals surface area contributed by atoms with Gasteiger partial charge in [0.15, 0.2) is 0 Å². The third-order valence-corrected chi connectivity index (χ3v) is 8.68. The Bertz CT molecular complexity index is 469. The molecule has 0 aliphatic rings. The average molecular weight is 348 g/mol. The van der Waals surface area contributed by atoms with Crippen molar-refractivity contribution in [2.45, 2.75) is 46.2 Å². The predicted octanol–water partition coefficient (Wildman–Crippen LogP) is 4.21. The highest BCUT2D eigenvalue weighted by atomic mass is 32.3. The fourth-order valence-electron chi connectivity index (χ4n) is 2.97. The Kier molecular flexibility index (Phi) is 10.9. The van der Waals surface area contributed by atoms with E-state index in [2.05, 4.69) is 51.1 Å². The summed E-state index contributed by atoms with van der Waals surface area (Å²) >= 11 is 0. The van der Waals surface area contributed by atoms with E-state index >= 15 is 0 Å². The van der Waals surface area contributed by atoms with Crippen LogP contribution in [-0.2, 0) is 16.6 Å². The van der Waals surface area contributed by atoms with E-state index in [1.54, 1.807) is 5.56 Å². The van der Waals surface area contributed by atoms with E-state index in [4.69, 9.17) is 17.5 Å². The third kappa shape index (κ3) is 11.1. The van der Waals surface area contributed by atoms with Gasteiger partial charge in [0, 0.05) is 17.7 Å². The Labute approximate surface area is 137 Å². The van der Waals surface area contributed by atoms with Crippen LogP contribution in [0.1, 0.15) is 47.0 Å². The van der Waals surface area contributed by atoms with E-state index in [1.165, 1.54) is 43.9 Å². The van der Waals surface area contributed by atoms with Gasteiger partial charge >= 0.3 is 1.43 Å². The van der Waals surface area contributed by atoms with Crippen LogP contribution in [0.5, 0.6) is 0 Å². The Morgan fingerprint density at radius 1 is 0.909 bits per heavy atom. The fraction of sp³-hybridized carbons (Fsp3) is 0.625. The predicted molar refractivity (Wildman–Crippen MR) is 94.1 cm³/mol. The molecule has 0 N–H and O–H groups in total. The first kappa shape index (κ1) is 21.5. The summed E-state index contributed by atoms with van der Waals surface area (Å²) in [5, 5.41) is 0. The van der Waals surface area contributed by atoms with Crippen LogP contribution in [0.15, 0.2) is 30.3 Å². The van der Waals surface area contributed by atoms with E-state index < -0.39 is 17.7 Å². The highest BCUT2D eigenvalue weighted by Gasteiger charge is 2.34. The van der Waals surface area contributed by atoms with Crippen LogP contribution < -0.4 is 0 Å². The Hall–Kier alpha value is -0.480. The van der Waals surface area contributed by atoms with Crippen LogP contribution in [0, 0.1) is 0 Å². The lowest BCUT2D eigenvalue weighted by atomic mass is 10.2. The minimum atomic E-state index is -5.17. The van der Waals surface area contributed by atoms with Crippen molar-refractivity contribution in [2.24, 2.45) is 0 Å².